The van der Waals surface area contributed by atoms with Crippen LogP contribution in [0.5, 0.6) is 0 Å². The summed E-state index contributed by atoms with van der Waals surface area (Å²) in [6, 6.07) is 6.85. The summed E-state index contributed by atoms with van der Waals surface area (Å²) in [5, 5.41) is 0.681. The molecule has 18 heavy (non-hydrogen) atoms. The van der Waals surface area contributed by atoms with E-state index >= 15 is 0 Å². The molecule has 2 atom stereocenters. The van der Waals surface area contributed by atoms with Gasteiger partial charge in [-0.25, -0.2) is 0 Å². The van der Waals surface area contributed by atoms with Crippen molar-refractivity contribution in [2.45, 2.75) is 43.4 Å². The third-order valence-electron chi connectivity index (χ3n) is 3.15. The van der Waals surface area contributed by atoms with Crippen molar-refractivity contribution < 1.29 is 8.42 Å². The van der Waals surface area contributed by atoms with Gasteiger partial charge in [0.25, 0.3) is 0 Å². The predicted octanol–water partition coefficient (Wildman–Crippen LogP) is 2.27. The molecule has 0 aliphatic rings. The third kappa shape index (κ3) is 4.09. The Kier molecular flexibility index (Phi) is 5.86. The summed E-state index contributed by atoms with van der Waals surface area (Å²) in [7, 11) is -3.41. The van der Waals surface area contributed by atoms with Gasteiger partial charge in [-0.05, 0) is 0 Å². The third-order valence-corrected chi connectivity index (χ3v) is 5.41. The molecule has 0 fully saturated rings. The number of benzene rings is 1. The fraction of sp³-hybridized carbons (Fsp3) is 0.538. The van der Waals surface area contributed by atoms with E-state index in [0.717, 1.165) is 12.0 Å². The molecule has 1 radical (unpaired) electrons. The number of rotatable bonds is 6. The Labute approximate surface area is 118 Å². The summed E-state index contributed by atoms with van der Waals surface area (Å²) >= 11 is 2.91. The standard InChI is InChI=1S/C13H20NO2SSe/c1-4-11(3)13(9-18)14-17(15,16)12-7-5-10(2)6-8-12/h5-8,11,13-14H,4,9H2,1-3H3/t11-,13+/m0/s1. The molecule has 0 saturated carbocycles. The van der Waals surface area contributed by atoms with Crippen LogP contribution in [0.1, 0.15) is 25.8 Å². The molecule has 0 saturated heterocycles. The van der Waals surface area contributed by atoms with E-state index in [9.17, 15) is 8.42 Å². The number of sulfonamides is 1. The van der Waals surface area contributed by atoms with E-state index in [2.05, 4.69) is 34.6 Å². The van der Waals surface area contributed by atoms with Crippen LogP contribution in [0.25, 0.3) is 0 Å². The topological polar surface area (TPSA) is 46.2 Å². The van der Waals surface area contributed by atoms with Crippen LogP contribution in [0.4, 0.5) is 0 Å². The fourth-order valence-corrected chi connectivity index (χ4v) is 4.03. The van der Waals surface area contributed by atoms with Gasteiger partial charge >= 0.3 is 118 Å². The Hall–Kier alpha value is -0.351. The quantitative estimate of drug-likeness (QED) is 0.812. The molecule has 3 nitrogen and oxygen atoms in total. The van der Waals surface area contributed by atoms with Crippen LogP contribution < -0.4 is 4.72 Å². The van der Waals surface area contributed by atoms with E-state index in [-0.39, 0.29) is 6.04 Å². The van der Waals surface area contributed by atoms with Crippen LogP contribution in [-0.4, -0.2) is 30.5 Å². The van der Waals surface area contributed by atoms with Gasteiger partial charge in [-0.3, -0.25) is 0 Å². The summed E-state index contributed by atoms with van der Waals surface area (Å²) in [6.07, 6.45) is 0.947. The van der Waals surface area contributed by atoms with Gasteiger partial charge in [-0.2, -0.15) is 0 Å². The van der Waals surface area contributed by atoms with E-state index < -0.39 is 10.0 Å². The molecular weight excluding hydrogens is 313 g/mol. The molecule has 0 spiro atoms. The van der Waals surface area contributed by atoms with Crippen LogP contribution in [0.15, 0.2) is 29.2 Å². The molecule has 0 heterocycles. The van der Waals surface area contributed by atoms with Gasteiger partial charge in [0.1, 0.15) is 0 Å². The summed E-state index contributed by atoms with van der Waals surface area (Å²) < 4.78 is 27.2. The van der Waals surface area contributed by atoms with Gasteiger partial charge in [0.15, 0.2) is 0 Å². The van der Waals surface area contributed by atoms with Crippen LogP contribution in [0.2, 0.25) is 5.32 Å². The second kappa shape index (κ2) is 6.71. The Bertz CT molecular complexity index is 470. The Morgan fingerprint density at radius 3 is 2.28 bits per heavy atom. The van der Waals surface area contributed by atoms with E-state index in [1.54, 1.807) is 12.1 Å². The van der Waals surface area contributed by atoms with Crippen LogP contribution in [0, 0.1) is 12.8 Å². The second-order valence-electron chi connectivity index (χ2n) is 4.59. The van der Waals surface area contributed by atoms with Gasteiger partial charge in [0, 0.05) is 0 Å². The molecule has 1 aromatic carbocycles. The normalized spacial score (nSPS) is 15.3. The number of aryl methyl sites for hydroxylation is 1. The molecule has 5 heteroatoms. The van der Waals surface area contributed by atoms with Crippen molar-refractivity contribution in [3.63, 3.8) is 0 Å². The molecule has 0 aliphatic heterocycles. The fourth-order valence-electron chi connectivity index (χ4n) is 1.58. The molecule has 0 aromatic heterocycles. The first kappa shape index (κ1) is 15.7. The van der Waals surface area contributed by atoms with E-state index in [0.29, 0.717) is 16.1 Å². The van der Waals surface area contributed by atoms with Crippen LogP contribution in [-0.2, 0) is 10.0 Å². The zero-order chi connectivity index (χ0) is 13.8. The predicted molar refractivity (Wildman–Crippen MR) is 75.3 cm³/mol. The first-order chi connectivity index (χ1) is 8.40. The minimum atomic E-state index is -3.41. The Balaban J connectivity index is 2.90. The maximum atomic E-state index is 12.2. The molecule has 0 bridgehead atoms. The average molecular weight is 333 g/mol. The average Bonchev–Trinajstić information content (AvgIpc) is 2.35. The Morgan fingerprint density at radius 1 is 1.28 bits per heavy atom. The van der Waals surface area contributed by atoms with Crippen molar-refractivity contribution in [1.29, 1.82) is 0 Å². The van der Waals surface area contributed by atoms with E-state index in [1.807, 2.05) is 19.1 Å². The van der Waals surface area contributed by atoms with Crippen molar-refractivity contribution in [2.75, 3.05) is 0 Å². The van der Waals surface area contributed by atoms with E-state index in [1.165, 1.54) is 0 Å². The summed E-state index contributed by atoms with van der Waals surface area (Å²) in [5.74, 6) is 0.312. The van der Waals surface area contributed by atoms with Gasteiger partial charge in [-0.1, -0.05) is 0 Å². The molecule has 0 aliphatic carbocycles. The second-order valence-corrected chi connectivity index (χ2v) is 7.01. The molecule has 0 amide bonds. The SMILES string of the molecule is CC[C@H](C)[C@@H](C[Se])NS(=O)(=O)c1ccc(C)cc1. The van der Waals surface area contributed by atoms with Crippen LogP contribution in [0.3, 0.4) is 0 Å². The van der Waals surface area contributed by atoms with Gasteiger partial charge in [-0.15, -0.1) is 0 Å². The maximum absolute atomic E-state index is 12.2. The summed E-state index contributed by atoms with van der Waals surface area (Å²) in [4.78, 5) is 0.329. The molecule has 0 unspecified atom stereocenters. The monoisotopic (exact) mass is 334 g/mol. The first-order valence-electron chi connectivity index (χ1n) is 6.07. The zero-order valence-corrected chi connectivity index (χ0v) is 13.5. The molecule has 101 valence electrons. The zero-order valence-electron chi connectivity index (χ0n) is 11.0. The van der Waals surface area contributed by atoms with Crippen molar-refractivity contribution in [3.8, 4) is 0 Å². The number of hydrogen-bond donors (Lipinski definition) is 1. The summed E-state index contributed by atoms with van der Waals surface area (Å²) in [6.45, 7) is 6.06. The summed E-state index contributed by atoms with van der Waals surface area (Å²) in [5.41, 5.74) is 1.05. The molecular formula is C13H20NO2SSe. The van der Waals surface area contributed by atoms with Crippen LogP contribution >= 0.6 is 0 Å². The molecule has 1 aromatic rings. The minimum absolute atomic E-state index is 0.0543. The van der Waals surface area contributed by atoms with Crippen molar-refractivity contribution in [3.05, 3.63) is 29.8 Å². The molecule has 1 N–H and O–H groups in total. The van der Waals surface area contributed by atoms with Crippen molar-refractivity contribution in [1.82, 2.24) is 4.72 Å². The van der Waals surface area contributed by atoms with E-state index in [4.69, 9.17) is 0 Å². The van der Waals surface area contributed by atoms with Gasteiger partial charge in [0.2, 0.25) is 0 Å². The first-order valence-corrected chi connectivity index (χ1v) is 8.77. The number of nitrogens with one attached hydrogen (secondary N) is 1. The van der Waals surface area contributed by atoms with Gasteiger partial charge < -0.3 is 0 Å². The number of hydrogen-bond acceptors (Lipinski definition) is 2. The molecule has 1 rings (SSSR count). The Morgan fingerprint density at radius 2 is 1.83 bits per heavy atom. The van der Waals surface area contributed by atoms with Crippen molar-refractivity contribution in [2.24, 2.45) is 5.92 Å². The van der Waals surface area contributed by atoms with Crippen molar-refractivity contribution >= 4 is 26.0 Å². The van der Waals surface area contributed by atoms with Gasteiger partial charge in [0.05, 0.1) is 0 Å².